The molecule has 27 heavy (non-hydrogen) atoms. The zero-order valence-electron chi connectivity index (χ0n) is 15.3. The number of aliphatic imine (C=N–C) groups is 1. The molecule has 0 aliphatic carbocycles. The highest BCUT2D eigenvalue weighted by Crippen LogP contribution is 2.36. The fourth-order valence-corrected chi connectivity index (χ4v) is 3.21. The fourth-order valence-electron chi connectivity index (χ4n) is 3.21. The first-order chi connectivity index (χ1) is 13.1. The Labute approximate surface area is 158 Å². The van der Waals surface area contributed by atoms with E-state index in [2.05, 4.69) is 15.3 Å². The van der Waals surface area contributed by atoms with Gasteiger partial charge in [0.15, 0.2) is 0 Å². The molecule has 0 saturated heterocycles. The van der Waals surface area contributed by atoms with E-state index in [1.165, 1.54) is 0 Å². The number of nitrogens with one attached hydrogen (secondary N) is 3. The van der Waals surface area contributed by atoms with Crippen LogP contribution in [-0.4, -0.2) is 21.8 Å². The predicted octanol–water partition coefficient (Wildman–Crippen LogP) is 3.99. The zero-order valence-corrected chi connectivity index (χ0v) is 15.3. The van der Waals surface area contributed by atoms with Gasteiger partial charge in [-0.05, 0) is 29.8 Å². The molecule has 3 aromatic rings. The molecule has 1 aliphatic rings. The Balaban J connectivity index is 0.00000102. The molecule has 1 aliphatic heterocycles. The second kappa shape index (κ2) is 7.78. The average Bonchev–Trinajstić information content (AvgIpc) is 3.11. The Kier molecular flexibility index (Phi) is 5.26. The summed E-state index contributed by atoms with van der Waals surface area (Å²) in [6.45, 7) is 4.00. The van der Waals surface area contributed by atoms with E-state index in [0.29, 0.717) is 5.71 Å². The number of phenols is 1. The molecule has 2 heterocycles. The SMILES string of the molecule is CC.N=C(N)/N=C1/c2ccccc2NC(c2cccc(O)c2)c2cc[nH]c21. The highest BCUT2D eigenvalue weighted by Gasteiger charge is 2.28. The Hall–Kier alpha value is -3.54. The van der Waals surface area contributed by atoms with Crippen LogP contribution in [0.2, 0.25) is 0 Å². The quantitative estimate of drug-likeness (QED) is 0.334. The van der Waals surface area contributed by atoms with Crippen LogP contribution >= 0.6 is 0 Å². The van der Waals surface area contributed by atoms with Gasteiger partial charge < -0.3 is 21.1 Å². The van der Waals surface area contributed by atoms with Crippen LogP contribution in [-0.2, 0) is 0 Å². The van der Waals surface area contributed by atoms with Crippen molar-refractivity contribution < 1.29 is 5.11 Å². The van der Waals surface area contributed by atoms with Gasteiger partial charge in [-0.3, -0.25) is 5.41 Å². The lowest BCUT2D eigenvalue weighted by Gasteiger charge is -2.19. The number of nitrogens with two attached hydrogens (primary N) is 1. The van der Waals surface area contributed by atoms with E-state index >= 15 is 0 Å². The minimum absolute atomic E-state index is 0.172. The molecule has 0 saturated carbocycles. The maximum atomic E-state index is 9.87. The Morgan fingerprint density at radius 2 is 1.89 bits per heavy atom. The van der Waals surface area contributed by atoms with Gasteiger partial charge in [-0.2, -0.15) is 0 Å². The van der Waals surface area contributed by atoms with E-state index in [9.17, 15) is 5.11 Å². The molecule has 2 aromatic carbocycles. The number of hydrogen-bond donors (Lipinski definition) is 5. The largest absolute Gasteiger partial charge is 0.508 e. The number of nitrogens with zero attached hydrogens (tertiary/aromatic N) is 1. The van der Waals surface area contributed by atoms with Crippen molar-refractivity contribution in [2.75, 3.05) is 5.32 Å². The van der Waals surface area contributed by atoms with E-state index in [-0.39, 0.29) is 17.8 Å². The van der Waals surface area contributed by atoms with Crippen LogP contribution < -0.4 is 11.1 Å². The number of H-pyrrole nitrogens is 1. The minimum Gasteiger partial charge on any atom is -0.508 e. The summed E-state index contributed by atoms with van der Waals surface area (Å²) in [5.74, 6) is -0.0345. The van der Waals surface area contributed by atoms with Crippen LogP contribution in [0.15, 0.2) is 65.8 Å². The number of aromatic amines is 1. The van der Waals surface area contributed by atoms with Crippen molar-refractivity contribution in [1.82, 2.24) is 4.98 Å². The molecule has 1 aromatic heterocycles. The molecule has 0 amide bonds. The summed E-state index contributed by atoms with van der Waals surface area (Å²) in [4.78, 5) is 7.48. The third kappa shape index (κ3) is 3.55. The molecule has 6 N–H and O–H groups in total. The number of hydrogen-bond acceptors (Lipinski definition) is 3. The maximum absolute atomic E-state index is 9.87. The molecule has 6 nitrogen and oxygen atoms in total. The molecule has 0 fully saturated rings. The summed E-state index contributed by atoms with van der Waals surface area (Å²) in [7, 11) is 0. The van der Waals surface area contributed by atoms with Crippen molar-refractivity contribution in [3.05, 3.63) is 83.2 Å². The monoisotopic (exact) mass is 361 g/mol. The zero-order chi connectivity index (χ0) is 19.4. The molecule has 6 heteroatoms. The standard InChI is InChI=1S/C19H17N5O.C2H6/c20-19(21)24-18-13-6-1-2-7-15(13)23-16(14-8-9-22-17(14)18)11-4-3-5-12(25)10-11;1-2/h1-10,16,22-23,25H,(H3,20,21);1-2H3/b24-18-;. The number of para-hydroxylation sites is 1. The lowest BCUT2D eigenvalue weighted by Crippen LogP contribution is -2.14. The molecule has 0 radical (unpaired) electrons. The van der Waals surface area contributed by atoms with Crippen LogP contribution in [0.4, 0.5) is 5.69 Å². The van der Waals surface area contributed by atoms with Crippen molar-refractivity contribution in [2.45, 2.75) is 19.9 Å². The van der Waals surface area contributed by atoms with Gasteiger partial charge in [-0.15, -0.1) is 0 Å². The van der Waals surface area contributed by atoms with Crippen molar-refractivity contribution in [1.29, 1.82) is 5.41 Å². The van der Waals surface area contributed by atoms with Crippen LogP contribution in [0, 0.1) is 5.41 Å². The van der Waals surface area contributed by atoms with Gasteiger partial charge in [0, 0.05) is 23.0 Å². The van der Waals surface area contributed by atoms with Crippen LogP contribution in [0.1, 0.15) is 42.3 Å². The van der Waals surface area contributed by atoms with Gasteiger partial charge >= 0.3 is 0 Å². The summed E-state index contributed by atoms with van der Waals surface area (Å²) in [6.07, 6.45) is 1.84. The number of fused-ring (bicyclic) bond motifs is 2. The smallest absolute Gasteiger partial charge is 0.213 e. The minimum atomic E-state index is -0.249. The lowest BCUT2D eigenvalue weighted by atomic mass is 9.97. The van der Waals surface area contributed by atoms with Gasteiger partial charge in [0.2, 0.25) is 5.96 Å². The third-order valence-electron chi connectivity index (χ3n) is 4.24. The number of aromatic nitrogens is 1. The van der Waals surface area contributed by atoms with E-state index in [4.69, 9.17) is 11.1 Å². The molecular formula is C21H23N5O. The van der Waals surface area contributed by atoms with Crippen molar-refractivity contribution in [3.63, 3.8) is 0 Å². The molecular weight excluding hydrogens is 338 g/mol. The van der Waals surface area contributed by atoms with Crippen molar-refractivity contribution in [3.8, 4) is 5.75 Å². The Bertz CT molecular complexity index is 989. The highest BCUT2D eigenvalue weighted by molar-refractivity contribution is 6.19. The normalized spacial score (nSPS) is 16.2. The second-order valence-corrected chi connectivity index (χ2v) is 5.87. The van der Waals surface area contributed by atoms with Crippen LogP contribution in [0.3, 0.4) is 0 Å². The van der Waals surface area contributed by atoms with E-state index < -0.39 is 0 Å². The average molecular weight is 361 g/mol. The topological polar surface area (TPSA) is 110 Å². The first-order valence-electron chi connectivity index (χ1n) is 8.88. The number of anilines is 1. The van der Waals surface area contributed by atoms with Crippen LogP contribution in [0.25, 0.3) is 0 Å². The summed E-state index contributed by atoms with van der Waals surface area (Å²) < 4.78 is 0. The Morgan fingerprint density at radius 3 is 2.63 bits per heavy atom. The number of rotatable bonds is 1. The van der Waals surface area contributed by atoms with E-state index in [1.54, 1.807) is 12.1 Å². The number of phenolic OH excluding ortho intramolecular Hbond substituents is 1. The molecule has 0 bridgehead atoms. The number of aromatic hydroxyl groups is 1. The molecule has 1 atom stereocenters. The van der Waals surface area contributed by atoms with Gasteiger partial charge in [0.25, 0.3) is 0 Å². The molecule has 1 unspecified atom stereocenters. The van der Waals surface area contributed by atoms with Gasteiger partial charge in [0.05, 0.1) is 11.7 Å². The second-order valence-electron chi connectivity index (χ2n) is 5.87. The van der Waals surface area contributed by atoms with E-state index in [0.717, 1.165) is 28.1 Å². The Morgan fingerprint density at radius 1 is 1.11 bits per heavy atom. The predicted molar refractivity (Wildman–Crippen MR) is 110 cm³/mol. The highest BCUT2D eigenvalue weighted by atomic mass is 16.3. The summed E-state index contributed by atoms with van der Waals surface area (Å²) in [5, 5.41) is 21.0. The lowest BCUT2D eigenvalue weighted by molar-refractivity contribution is 0.474. The van der Waals surface area contributed by atoms with Gasteiger partial charge in [-0.1, -0.05) is 44.2 Å². The van der Waals surface area contributed by atoms with Crippen LogP contribution in [0.5, 0.6) is 5.75 Å². The summed E-state index contributed by atoms with van der Waals surface area (Å²) in [6, 6.07) is 16.7. The van der Waals surface area contributed by atoms with Gasteiger partial charge in [0.1, 0.15) is 11.5 Å². The molecule has 4 rings (SSSR count). The number of guanidine groups is 1. The van der Waals surface area contributed by atoms with Crippen molar-refractivity contribution in [2.24, 2.45) is 10.7 Å². The summed E-state index contributed by atoms with van der Waals surface area (Å²) >= 11 is 0. The first-order valence-corrected chi connectivity index (χ1v) is 8.88. The molecule has 0 spiro atoms. The van der Waals surface area contributed by atoms with Gasteiger partial charge in [-0.25, -0.2) is 4.99 Å². The number of benzene rings is 2. The fraction of sp³-hybridized carbons (Fsp3) is 0.143. The third-order valence-corrected chi connectivity index (χ3v) is 4.24. The van der Waals surface area contributed by atoms with Crippen molar-refractivity contribution >= 4 is 17.4 Å². The van der Waals surface area contributed by atoms with E-state index in [1.807, 2.05) is 62.5 Å². The first kappa shape index (κ1) is 18.3. The molecule has 138 valence electrons. The maximum Gasteiger partial charge on any atom is 0.213 e. The summed E-state index contributed by atoms with van der Waals surface area (Å²) in [5.41, 5.74) is 10.6.